The van der Waals surface area contributed by atoms with Crippen molar-refractivity contribution >= 4 is 17.3 Å². The highest BCUT2D eigenvalue weighted by Crippen LogP contribution is 2.28. The molecule has 0 aromatic carbocycles. The van der Waals surface area contributed by atoms with Gasteiger partial charge in [0.25, 0.3) is 0 Å². The Labute approximate surface area is 85.2 Å². The number of nitrogens with zero attached hydrogens (tertiary/aromatic N) is 1. The van der Waals surface area contributed by atoms with E-state index in [1.54, 1.807) is 22.1 Å². The third-order valence-corrected chi connectivity index (χ3v) is 2.88. The molecule has 1 N–H and O–H groups in total. The molecule has 2 rings (SSSR count). The second-order valence-electron chi connectivity index (χ2n) is 3.03. The van der Waals surface area contributed by atoms with E-state index in [9.17, 15) is 4.79 Å². The lowest BCUT2D eigenvalue weighted by molar-refractivity contribution is 0.0697. The highest BCUT2D eigenvalue weighted by Gasteiger charge is 2.14. The minimum atomic E-state index is -0.881. The zero-order valence-electron chi connectivity index (χ0n) is 7.60. The number of aromatic nitrogens is 1. The van der Waals surface area contributed by atoms with Gasteiger partial charge in [0.2, 0.25) is 0 Å². The summed E-state index contributed by atoms with van der Waals surface area (Å²) in [7, 11) is 1.82. The summed E-state index contributed by atoms with van der Waals surface area (Å²) in [6.07, 6.45) is 3.45. The van der Waals surface area contributed by atoms with Crippen LogP contribution < -0.4 is 0 Å². The van der Waals surface area contributed by atoms with Gasteiger partial charge in [-0.3, -0.25) is 0 Å². The first-order chi connectivity index (χ1) is 6.68. The van der Waals surface area contributed by atoms with E-state index in [1.165, 1.54) is 0 Å². The Morgan fingerprint density at radius 3 is 2.86 bits per heavy atom. The van der Waals surface area contributed by atoms with E-state index >= 15 is 0 Å². The lowest BCUT2D eigenvalue weighted by atomic mass is 10.2. The fourth-order valence-electron chi connectivity index (χ4n) is 1.38. The van der Waals surface area contributed by atoms with Crippen LogP contribution in [0.3, 0.4) is 0 Å². The molecular formula is C10H9NO2S. The van der Waals surface area contributed by atoms with Crippen LogP contribution in [0.25, 0.3) is 10.4 Å². The number of hydrogen-bond donors (Lipinski definition) is 1. The van der Waals surface area contributed by atoms with Crippen LogP contribution in [-0.4, -0.2) is 15.6 Å². The predicted molar refractivity (Wildman–Crippen MR) is 55.7 cm³/mol. The summed E-state index contributed by atoms with van der Waals surface area (Å²) < 4.78 is 1.76. The summed E-state index contributed by atoms with van der Waals surface area (Å²) >= 11 is 1.54. The molecule has 2 aromatic heterocycles. The molecule has 4 heteroatoms. The number of carboxylic acid groups (broad SMARTS) is 1. The Morgan fingerprint density at radius 1 is 1.50 bits per heavy atom. The summed E-state index contributed by atoms with van der Waals surface area (Å²) in [6.45, 7) is 0. The minimum absolute atomic E-state index is 0.356. The van der Waals surface area contributed by atoms with Gasteiger partial charge in [0, 0.05) is 29.9 Å². The summed E-state index contributed by atoms with van der Waals surface area (Å²) in [5, 5.41) is 10.9. The number of aryl methyl sites for hydroxylation is 1. The van der Waals surface area contributed by atoms with Crippen molar-refractivity contribution in [2.75, 3.05) is 0 Å². The molecule has 0 aliphatic carbocycles. The van der Waals surface area contributed by atoms with Crippen LogP contribution in [0.2, 0.25) is 0 Å². The van der Waals surface area contributed by atoms with Gasteiger partial charge in [-0.05, 0) is 11.4 Å². The zero-order chi connectivity index (χ0) is 10.1. The molecule has 0 spiro atoms. The van der Waals surface area contributed by atoms with Crippen LogP contribution in [0, 0.1) is 0 Å². The van der Waals surface area contributed by atoms with Gasteiger partial charge in [-0.25, -0.2) is 4.79 Å². The highest BCUT2D eigenvalue weighted by atomic mass is 32.1. The molecule has 0 fully saturated rings. The van der Waals surface area contributed by atoms with E-state index in [1.807, 2.05) is 30.8 Å². The highest BCUT2D eigenvalue weighted by molar-refractivity contribution is 7.13. The maximum absolute atomic E-state index is 10.9. The Morgan fingerprint density at radius 2 is 2.29 bits per heavy atom. The molecule has 0 saturated heterocycles. The first-order valence-electron chi connectivity index (χ1n) is 4.11. The third kappa shape index (κ3) is 1.44. The predicted octanol–water partition coefficient (Wildman–Crippen LogP) is 2.45. The Bertz CT molecular complexity index is 456. The standard InChI is InChI=1S/C10H9NO2S/c1-11-5-7(8(6-11)10(12)13)9-3-2-4-14-9/h2-6H,1H3,(H,12,13). The van der Waals surface area contributed by atoms with Crippen molar-refractivity contribution < 1.29 is 9.90 Å². The van der Waals surface area contributed by atoms with E-state index in [2.05, 4.69) is 0 Å². The largest absolute Gasteiger partial charge is 0.478 e. The first-order valence-corrected chi connectivity index (χ1v) is 4.99. The average Bonchev–Trinajstić information content (AvgIpc) is 2.70. The quantitative estimate of drug-likeness (QED) is 0.821. The number of carbonyl (C=O) groups is 1. The zero-order valence-corrected chi connectivity index (χ0v) is 8.41. The van der Waals surface area contributed by atoms with Gasteiger partial charge in [0.05, 0.1) is 5.56 Å². The molecule has 0 amide bonds. The summed E-state index contributed by atoms with van der Waals surface area (Å²) in [6, 6.07) is 3.84. The van der Waals surface area contributed by atoms with Crippen molar-refractivity contribution in [3.63, 3.8) is 0 Å². The van der Waals surface area contributed by atoms with Crippen molar-refractivity contribution in [3.8, 4) is 10.4 Å². The van der Waals surface area contributed by atoms with Crippen LogP contribution >= 0.6 is 11.3 Å². The molecule has 2 aromatic rings. The molecule has 72 valence electrons. The second-order valence-corrected chi connectivity index (χ2v) is 3.98. The van der Waals surface area contributed by atoms with E-state index in [4.69, 9.17) is 5.11 Å². The topological polar surface area (TPSA) is 42.2 Å². The number of aromatic carboxylic acids is 1. The van der Waals surface area contributed by atoms with Crippen LogP contribution in [0.4, 0.5) is 0 Å². The van der Waals surface area contributed by atoms with Crippen molar-refractivity contribution in [1.82, 2.24) is 4.57 Å². The van der Waals surface area contributed by atoms with Crippen molar-refractivity contribution in [1.29, 1.82) is 0 Å². The maximum Gasteiger partial charge on any atom is 0.337 e. The van der Waals surface area contributed by atoms with Gasteiger partial charge >= 0.3 is 5.97 Å². The van der Waals surface area contributed by atoms with Crippen LogP contribution in [0.1, 0.15) is 10.4 Å². The average molecular weight is 207 g/mol. The third-order valence-electron chi connectivity index (χ3n) is 1.97. The van der Waals surface area contributed by atoms with E-state index in [-0.39, 0.29) is 0 Å². The Kier molecular flexibility index (Phi) is 2.13. The van der Waals surface area contributed by atoms with Crippen LogP contribution in [0.5, 0.6) is 0 Å². The summed E-state index contributed by atoms with van der Waals surface area (Å²) in [4.78, 5) is 11.9. The summed E-state index contributed by atoms with van der Waals surface area (Å²) in [5.41, 5.74) is 1.14. The number of carboxylic acids is 1. The van der Waals surface area contributed by atoms with E-state index < -0.39 is 5.97 Å². The monoisotopic (exact) mass is 207 g/mol. The Balaban J connectivity index is 2.58. The van der Waals surface area contributed by atoms with E-state index in [0.717, 1.165) is 10.4 Å². The molecule has 2 heterocycles. The smallest absolute Gasteiger partial charge is 0.337 e. The van der Waals surface area contributed by atoms with Crippen molar-refractivity contribution in [2.24, 2.45) is 7.05 Å². The van der Waals surface area contributed by atoms with Crippen molar-refractivity contribution in [3.05, 3.63) is 35.5 Å². The fraction of sp³-hybridized carbons (Fsp3) is 0.100. The van der Waals surface area contributed by atoms with Crippen LogP contribution in [-0.2, 0) is 7.05 Å². The molecule has 0 unspecified atom stereocenters. The van der Waals surface area contributed by atoms with Crippen LogP contribution in [0.15, 0.2) is 29.9 Å². The molecular weight excluding hydrogens is 198 g/mol. The molecule has 0 radical (unpaired) electrons. The normalized spacial score (nSPS) is 10.4. The lowest BCUT2D eigenvalue weighted by Gasteiger charge is -1.94. The van der Waals surface area contributed by atoms with Gasteiger partial charge in [-0.1, -0.05) is 6.07 Å². The lowest BCUT2D eigenvalue weighted by Crippen LogP contribution is -1.95. The van der Waals surface area contributed by atoms with Gasteiger partial charge in [-0.15, -0.1) is 11.3 Å². The minimum Gasteiger partial charge on any atom is -0.478 e. The Hall–Kier alpha value is -1.55. The maximum atomic E-state index is 10.9. The molecule has 0 atom stereocenters. The molecule has 0 aliphatic heterocycles. The summed E-state index contributed by atoms with van der Waals surface area (Å²) in [5.74, 6) is -0.881. The first kappa shape index (κ1) is 9.02. The molecule has 3 nitrogen and oxygen atoms in total. The number of hydrogen-bond acceptors (Lipinski definition) is 2. The van der Waals surface area contributed by atoms with Gasteiger partial charge < -0.3 is 9.67 Å². The van der Waals surface area contributed by atoms with Gasteiger partial charge in [-0.2, -0.15) is 0 Å². The number of thiophene rings is 1. The van der Waals surface area contributed by atoms with E-state index in [0.29, 0.717) is 5.56 Å². The second kappa shape index (κ2) is 3.31. The molecule has 0 saturated carbocycles. The fourth-order valence-corrected chi connectivity index (χ4v) is 2.13. The molecule has 0 aliphatic rings. The SMILES string of the molecule is Cn1cc(C(=O)O)c(-c2cccs2)c1. The van der Waals surface area contributed by atoms with Crippen molar-refractivity contribution in [2.45, 2.75) is 0 Å². The number of rotatable bonds is 2. The molecule has 0 bridgehead atoms. The molecule has 14 heavy (non-hydrogen) atoms. The van der Waals surface area contributed by atoms with Gasteiger partial charge in [0.15, 0.2) is 0 Å². The van der Waals surface area contributed by atoms with Gasteiger partial charge in [0.1, 0.15) is 0 Å².